The lowest BCUT2D eigenvalue weighted by molar-refractivity contribution is -0.384. The average Bonchev–Trinajstić information content (AvgIpc) is 2.40. The molecule has 0 atom stereocenters. The monoisotopic (exact) mass is 266 g/mol. The molecule has 2 N–H and O–H groups in total. The third-order valence-electron chi connectivity index (χ3n) is 3.52. The van der Waals surface area contributed by atoms with Gasteiger partial charge in [0.1, 0.15) is 0 Å². The average molecular weight is 266 g/mol. The fraction of sp³-hybridized carbons (Fsp3) is 0.462. The van der Waals surface area contributed by atoms with Crippen molar-refractivity contribution in [2.75, 3.05) is 11.9 Å². The van der Waals surface area contributed by atoms with E-state index in [1.54, 1.807) is 12.1 Å². The summed E-state index contributed by atoms with van der Waals surface area (Å²) >= 11 is 0. The normalized spacial score (nSPS) is 11.1. The lowest BCUT2D eigenvalue weighted by Gasteiger charge is -2.27. The quantitative estimate of drug-likeness (QED) is 0.584. The van der Waals surface area contributed by atoms with E-state index < -0.39 is 16.3 Å². The van der Waals surface area contributed by atoms with Gasteiger partial charge in [0.05, 0.1) is 10.3 Å². The number of benzene rings is 1. The lowest BCUT2D eigenvalue weighted by atomic mass is 9.82. The highest BCUT2D eigenvalue weighted by Crippen LogP contribution is 2.27. The molecule has 0 spiro atoms. The Morgan fingerprint density at radius 2 is 1.84 bits per heavy atom. The van der Waals surface area contributed by atoms with Crippen molar-refractivity contribution in [2.24, 2.45) is 5.41 Å². The van der Waals surface area contributed by atoms with Crippen LogP contribution in [0.15, 0.2) is 24.3 Å². The second kappa shape index (κ2) is 6.17. The fourth-order valence-corrected chi connectivity index (χ4v) is 1.85. The van der Waals surface area contributed by atoms with Crippen molar-refractivity contribution in [2.45, 2.75) is 26.7 Å². The summed E-state index contributed by atoms with van der Waals surface area (Å²) in [6.07, 6.45) is 1.05. The number of nitro groups is 1. The van der Waals surface area contributed by atoms with Crippen LogP contribution < -0.4 is 5.32 Å². The van der Waals surface area contributed by atoms with E-state index in [9.17, 15) is 20.0 Å². The topological polar surface area (TPSA) is 92.5 Å². The van der Waals surface area contributed by atoms with Gasteiger partial charge in [0.25, 0.3) is 5.69 Å². The van der Waals surface area contributed by atoms with Gasteiger partial charge in [-0.15, -0.1) is 0 Å². The van der Waals surface area contributed by atoms with Gasteiger partial charge in [-0.2, -0.15) is 0 Å². The maximum absolute atomic E-state index is 11.3. The highest BCUT2D eigenvalue weighted by Gasteiger charge is 2.34. The molecule has 0 aromatic heterocycles. The molecule has 0 amide bonds. The molecular formula is C13H18N2O4. The molecule has 0 aliphatic heterocycles. The standard InChI is InChI=1S/C13H18N2O4/c1-3-13(4-2,12(16)17)9-14-10-5-7-11(8-6-10)15(18)19/h5-8,14H,3-4,9H2,1-2H3,(H,16,17). The van der Waals surface area contributed by atoms with Crippen molar-refractivity contribution < 1.29 is 14.8 Å². The summed E-state index contributed by atoms with van der Waals surface area (Å²) in [6.45, 7) is 3.98. The molecule has 0 heterocycles. The van der Waals surface area contributed by atoms with E-state index in [0.29, 0.717) is 25.1 Å². The summed E-state index contributed by atoms with van der Waals surface area (Å²) in [5.41, 5.74) is -0.110. The summed E-state index contributed by atoms with van der Waals surface area (Å²) < 4.78 is 0. The minimum absolute atomic E-state index is 0.0148. The molecule has 0 unspecified atom stereocenters. The summed E-state index contributed by atoms with van der Waals surface area (Å²) in [4.78, 5) is 21.4. The Hall–Kier alpha value is -2.11. The minimum atomic E-state index is -0.827. The van der Waals surface area contributed by atoms with Crippen molar-refractivity contribution >= 4 is 17.3 Å². The molecule has 1 aromatic rings. The molecule has 104 valence electrons. The van der Waals surface area contributed by atoms with Crippen molar-refractivity contribution in [3.05, 3.63) is 34.4 Å². The predicted molar refractivity (Wildman–Crippen MR) is 72.2 cm³/mol. The van der Waals surface area contributed by atoms with Crippen LogP contribution in [0.2, 0.25) is 0 Å². The molecule has 0 bridgehead atoms. The van der Waals surface area contributed by atoms with E-state index in [1.165, 1.54) is 12.1 Å². The predicted octanol–water partition coefficient (Wildman–Crippen LogP) is 2.90. The molecule has 0 fully saturated rings. The minimum Gasteiger partial charge on any atom is -0.481 e. The zero-order valence-electron chi connectivity index (χ0n) is 11.0. The lowest BCUT2D eigenvalue weighted by Crippen LogP contribution is -2.36. The second-order valence-electron chi connectivity index (χ2n) is 4.45. The summed E-state index contributed by atoms with van der Waals surface area (Å²) in [5, 5.41) is 22.8. The molecule has 0 aliphatic rings. The number of carboxylic acid groups (broad SMARTS) is 1. The van der Waals surface area contributed by atoms with Crippen LogP contribution in [0.25, 0.3) is 0 Å². The van der Waals surface area contributed by atoms with E-state index in [-0.39, 0.29) is 5.69 Å². The number of hydrogen-bond acceptors (Lipinski definition) is 4. The molecule has 6 nitrogen and oxygen atoms in total. The molecule has 1 aromatic carbocycles. The summed E-state index contributed by atoms with van der Waals surface area (Å²) in [7, 11) is 0. The molecular weight excluding hydrogens is 248 g/mol. The van der Waals surface area contributed by atoms with Crippen LogP contribution in [0.5, 0.6) is 0 Å². The molecule has 19 heavy (non-hydrogen) atoms. The van der Waals surface area contributed by atoms with Gasteiger partial charge in [0.15, 0.2) is 0 Å². The van der Waals surface area contributed by atoms with Gasteiger partial charge in [-0.25, -0.2) is 0 Å². The summed E-state index contributed by atoms with van der Waals surface area (Å²) in [6, 6.07) is 5.94. The third kappa shape index (κ3) is 3.43. The van der Waals surface area contributed by atoms with Crippen LogP contribution in [-0.2, 0) is 4.79 Å². The van der Waals surface area contributed by atoms with Gasteiger partial charge < -0.3 is 10.4 Å². The first-order valence-electron chi connectivity index (χ1n) is 6.17. The van der Waals surface area contributed by atoms with Crippen molar-refractivity contribution in [1.29, 1.82) is 0 Å². The van der Waals surface area contributed by atoms with Crippen LogP contribution in [-0.4, -0.2) is 22.5 Å². The van der Waals surface area contributed by atoms with Gasteiger partial charge in [0, 0.05) is 24.4 Å². The number of hydrogen-bond donors (Lipinski definition) is 2. The van der Waals surface area contributed by atoms with Crippen LogP contribution in [0.4, 0.5) is 11.4 Å². The van der Waals surface area contributed by atoms with Crippen LogP contribution in [0.3, 0.4) is 0 Å². The maximum Gasteiger partial charge on any atom is 0.311 e. The van der Waals surface area contributed by atoms with Crippen LogP contribution in [0, 0.1) is 15.5 Å². The fourth-order valence-electron chi connectivity index (χ4n) is 1.85. The maximum atomic E-state index is 11.3. The van der Waals surface area contributed by atoms with Crippen LogP contribution in [0.1, 0.15) is 26.7 Å². The molecule has 1 rings (SSSR count). The molecule has 0 aliphatic carbocycles. The number of aliphatic carboxylic acids is 1. The Balaban J connectivity index is 2.75. The Morgan fingerprint density at radius 1 is 1.32 bits per heavy atom. The van der Waals surface area contributed by atoms with Crippen molar-refractivity contribution in [3.63, 3.8) is 0 Å². The number of nitrogens with one attached hydrogen (secondary N) is 1. The number of rotatable bonds is 7. The van der Waals surface area contributed by atoms with E-state index in [2.05, 4.69) is 5.32 Å². The first-order valence-corrected chi connectivity index (χ1v) is 6.17. The first-order chi connectivity index (χ1) is 8.95. The first kappa shape index (κ1) is 14.9. The van der Waals surface area contributed by atoms with Gasteiger partial charge in [-0.3, -0.25) is 14.9 Å². The smallest absolute Gasteiger partial charge is 0.311 e. The zero-order valence-corrected chi connectivity index (χ0v) is 11.0. The molecule has 0 radical (unpaired) electrons. The summed E-state index contributed by atoms with van der Waals surface area (Å²) in [5.74, 6) is -0.827. The Bertz CT molecular complexity index is 452. The molecule has 6 heteroatoms. The number of carboxylic acids is 1. The van der Waals surface area contributed by atoms with E-state index >= 15 is 0 Å². The second-order valence-corrected chi connectivity index (χ2v) is 4.45. The number of nitrogens with zero attached hydrogens (tertiary/aromatic N) is 1. The van der Waals surface area contributed by atoms with E-state index in [1.807, 2.05) is 13.8 Å². The van der Waals surface area contributed by atoms with Gasteiger partial charge in [-0.1, -0.05) is 13.8 Å². The van der Waals surface area contributed by atoms with Gasteiger partial charge in [-0.05, 0) is 25.0 Å². The van der Waals surface area contributed by atoms with Gasteiger partial charge >= 0.3 is 5.97 Å². The van der Waals surface area contributed by atoms with E-state index in [4.69, 9.17) is 0 Å². The SMILES string of the molecule is CCC(CC)(CNc1ccc([N+](=O)[O-])cc1)C(=O)O. The number of non-ortho nitro benzene ring substituents is 1. The Morgan fingerprint density at radius 3 is 2.21 bits per heavy atom. The van der Waals surface area contributed by atoms with Crippen molar-refractivity contribution in [3.8, 4) is 0 Å². The molecule has 0 saturated carbocycles. The van der Waals surface area contributed by atoms with Gasteiger partial charge in [0.2, 0.25) is 0 Å². The number of anilines is 1. The Labute approximate surface area is 111 Å². The highest BCUT2D eigenvalue weighted by atomic mass is 16.6. The number of nitro benzene ring substituents is 1. The molecule has 0 saturated heterocycles. The van der Waals surface area contributed by atoms with E-state index in [0.717, 1.165) is 0 Å². The zero-order chi connectivity index (χ0) is 14.5. The van der Waals surface area contributed by atoms with Crippen molar-refractivity contribution in [1.82, 2.24) is 0 Å². The largest absolute Gasteiger partial charge is 0.481 e. The van der Waals surface area contributed by atoms with Crippen LogP contribution >= 0.6 is 0 Å². The third-order valence-corrected chi connectivity index (χ3v) is 3.52. The number of carbonyl (C=O) groups is 1. The highest BCUT2D eigenvalue weighted by molar-refractivity contribution is 5.75. The Kier molecular flexibility index (Phi) is 4.86.